The Kier molecular flexibility index (Phi) is 3.86. The van der Waals surface area contributed by atoms with Gasteiger partial charge in [0, 0.05) is 37.6 Å². The highest BCUT2D eigenvalue weighted by Crippen LogP contribution is 2.40. The van der Waals surface area contributed by atoms with E-state index in [-0.39, 0.29) is 5.60 Å². The number of hydrogen-bond donors (Lipinski definition) is 2. The van der Waals surface area contributed by atoms with Crippen LogP contribution in [0.25, 0.3) is 16.6 Å². The first kappa shape index (κ1) is 16.6. The number of aliphatic imine (C=N–C) groups is 1. The van der Waals surface area contributed by atoms with Crippen molar-refractivity contribution in [3.63, 3.8) is 0 Å². The molecule has 0 bridgehead atoms. The fourth-order valence-corrected chi connectivity index (χ4v) is 3.63. The summed E-state index contributed by atoms with van der Waals surface area (Å²) >= 11 is 0. The maximum atomic E-state index is 6.14. The minimum absolute atomic E-state index is 0.0151. The number of aromatic nitrogens is 2. The van der Waals surface area contributed by atoms with Crippen LogP contribution in [-0.2, 0) is 0 Å². The molecule has 142 valence electrons. The van der Waals surface area contributed by atoms with Crippen molar-refractivity contribution in [1.29, 1.82) is 0 Å². The summed E-state index contributed by atoms with van der Waals surface area (Å²) in [6, 6.07) is 6.17. The normalized spacial score (nSPS) is 22.2. The lowest BCUT2D eigenvalue weighted by atomic mass is 10.1. The van der Waals surface area contributed by atoms with E-state index >= 15 is 0 Å². The van der Waals surface area contributed by atoms with Crippen molar-refractivity contribution in [2.75, 3.05) is 39.9 Å². The third kappa shape index (κ3) is 3.27. The summed E-state index contributed by atoms with van der Waals surface area (Å²) in [6.07, 6.45) is 4.38. The van der Waals surface area contributed by atoms with Crippen LogP contribution in [0.3, 0.4) is 0 Å². The highest BCUT2D eigenvalue weighted by Gasteiger charge is 2.40. The molecule has 7 nitrogen and oxygen atoms in total. The molecular formula is C20H26N6O. The topological polar surface area (TPSA) is 68.8 Å². The predicted octanol–water partition coefficient (Wildman–Crippen LogP) is 2.04. The fourth-order valence-electron chi connectivity index (χ4n) is 3.63. The predicted molar refractivity (Wildman–Crippen MR) is 107 cm³/mol. The quantitative estimate of drug-likeness (QED) is 0.870. The van der Waals surface area contributed by atoms with Crippen LogP contribution in [-0.4, -0.2) is 71.3 Å². The molecule has 27 heavy (non-hydrogen) atoms. The Hall–Kier alpha value is -2.54. The molecule has 1 saturated carbocycles. The number of nitrogens with one attached hydrogen (secondary N) is 2. The lowest BCUT2D eigenvalue weighted by Gasteiger charge is -2.34. The molecule has 2 fully saturated rings. The summed E-state index contributed by atoms with van der Waals surface area (Å²) in [5, 5.41) is 12.2. The number of H-pyrrole nitrogens is 1. The highest BCUT2D eigenvalue weighted by molar-refractivity contribution is 6.02. The lowest BCUT2D eigenvalue weighted by molar-refractivity contribution is 0.200. The molecule has 1 aromatic heterocycles. The van der Waals surface area contributed by atoms with E-state index in [1.807, 2.05) is 12.1 Å². The largest absolute Gasteiger partial charge is 0.488 e. The maximum Gasteiger partial charge on any atom is 0.127 e. The second-order valence-electron chi connectivity index (χ2n) is 8.03. The molecule has 3 heterocycles. The van der Waals surface area contributed by atoms with Crippen molar-refractivity contribution in [2.45, 2.75) is 25.4 Å². The first-order valence-corrected chi connectivity index (χ1v) is 9.71. The van der Waals surface area contributed by atoms with Crippen LogP contribution in [0.5, 0.6) is 5.75 Å². The summed E-state index contributed by atoms with van der Waals surface area (Å²) in [5.41, 5.74) is 2.98. The Bertz CT molecular complexity index is 918. The second-order valence-corrected chi connectivity index (χ2v) is 8.03. The number of aromatic amines is 1. The van der Waals surface area contributed by atoms with Crippen molar-refractivity contribution in [2.24, 2.45) is 4.99 Å². The van der Waals surface area contributed by atoms with E-state index < -0.39 is 0 Å². The second kappa shape index (κ2) is 6.27. The minimum Gasteiger partial charge on any atom is -0.488 e. The van der Waals surface area contributed by atoms with Crippen molar-refractivity contribution in [3.05, 3.63) is 30.0 Å². The van der Waals surface area contributed by atoms with Gasteiger partial charge in [-0.15, -0.1) is 0 Å². The summed E-state index contributed by atoms with van der Waals surface area (Å²) in [7, 11) is 2.17. The van der Waals surface area contributed by atoms with Gasteiger partial charge in [-0.1, -0.05) is 0 Å². The highest BCUT2D eigenvalue weighted by atomic mass is 16.5. The zero-order valence-corrected chi connectivity index (χ0v) is 16.0. The van der Waals surface area contributed by atoms with Gasteiger partial charge in [-0.05, 0) is 45.0 Å². The van der Waals surface area contributed by atoms with Gasteiger partial charge in [-0.25, -0.2) is 4.99 Å². The van der Waals surface area contributed by atoms with E-state index in [9.17, 15) is 0 Å². The van der Waals surface area contributed by atoms with Crippen molar-refractivity contribution in [1.82, 2.24) is 25.3 Å². The van der Waals surface area contributed by atoms with Gasteiger partial charge in [-0.3, -0.25) is 5.10 Å². The van der Waals surface area contributed by atoms with Gasteiger partial charge in [-0.2, -0.15) is 5.10 Å². The van der Waals surface area contributed by atoms with Crippen LogP contribution in [0.1, 0.15) is 25.5 Å². The summed E-state index contributed by atoms with van der Waals surface area (Å²) in [4.78, 5) is 9.38. The SMILES string of the molecule is CN1CCN(C2=NCNC(c3n[nH]c4ccc(OC5(C)CC5)cc34)=C2)CC1. The van der Waals surface area contributed by atoms with Gasteiger partial charge in [0.25, 0.3) is 0 Å². The number of piperazine rings is 1. The van der Waals surface area contributed by atoms with E-state index in [1.54, 1.807) is 0 Å². The molecule has 1 saturated heterocycles. The van der Waals surface area contributed by atoms with E-state index in [4.69, 9.17) is 4.74 Å². The van der Waals surface area contributed by atoms with Gasteiger partial charge in [0.15, 0.2) is 0 Å². The Labute approximate surface area is 159 Å². The van der Waals surface area contributed by atoms with Gasteiger partial charge in [0.1, 0.15) is 29.5 Å². The number of rotatable bonds is 3. The molecule has 1 aromatic carbocycles. The van der Waals surface area contributed by atoms with Crippen LogP contribution >= 0.6 is 0 Å². The third-order valence-electron chi connectivity index (χ3n) is 5.72. The molecule has 2 N–H and O–H groups in total. The minimum atomic E-state index is 0.0151. The van der Waals surface area contributed by atoms with Crippen LogP contribution in [0.2, 0.25) is 0 Å². The molecule has 5 rings (SSSR count). The van der Waals surface area contributed by atoms with Crippen LogP contribution in [0.4, 0.5) is 0 Å². The number of ether oxygens (including phenoxy) is 1. The smallest absolute Gasteiger partial charge is 0.127 e. The summed E-state index contributed by atoms with van der Waals surface area (Å²) < 4.78 is 6.14. The molecule has 0 spiro atoms. The van der Waals surface area contributed by atoms with E-state index in [1.165, 1.54) is 0 Å². The first-order valence-electron chi connectivity index (χ1n) is 9.71. The molecule has 7 heteroatoms. The van der Waals surface area contributed by atoms with Gasteiger partial charge in [0.05, 0.1) is 11.2 Å². The number of likely N-dealkylation sites (N-methyl/N-ethyl adjacent to an activating group) is 1. The number of benzene rings is 1. The number of hydrogen-bond acceptors (Lipinski definition) is 6. The monoisotopic (exact) mass is 366 g/mol. The zero-order chi connectivity index (χ0) is 18.4. The molecule has 0 unspecified atom stereocenters. The number of amidine groups is 1. The Balaban J connectivity index is 1.43. The maximum absolute atomic E-state index is 6.14. The van der Waals surface area contributed by atoms with Crippen molar-refractivity contribution in [3.8, 4) is 5.75 Å². The first-order chi connectivity index (χ1) is 13.1. The number of fused-ring (bicyclic) bond motifs is 1. The van der Waals surface area contributed by atoms with Crippen LogP contribution in [0.15, 0.2) is 29.3 Å². The van der Waals surface area contributed by atoms with Crippen molar-refractivity contribution >= 4 is 22.4 Å². The lowest BCUT2D eigenvalue weighted by Crippen LogP contribution is -2.47. The van der Waals surface area contributed by atoms with Gasteiger partial charge < -0.3 is 19.9 Å². The molecule has 0 amide bonds. The summed E-state index contributed by atoms with van der Waals surface area (Å²) in [6.45, 7) is 6.91. The standard InChI is InChI=1S/C20H26N6O/c1-20(5-6-20)27-14-3-4-16-15(11-14)19(24-23-16)17-12-18(22-13-21-17)26-9-7-25(2)8-10-26/h3-4,11-12,21H,5-10,13H2,1-2H3,(H,23,24). The van der Waals surface area contributed by atoms with E-state index in [0.717, 1.165) is 72.9 Å². The fraction of sp³-hybridized carbons (Fsp3) is 0.500. The molecule has 2 aromatic rings. The molecular weight excluding hydrogens is 340 g/mol. The average Bonchev–Trinajstić information content (AvgIpc) is 3.25. The van der Waals surface area contributed by atoms with Crippen LogP contribution < -0.4 is 10.1 Å². The van der Waals surface area contributed by atoms with Crippen LogP contribution in [0, 0.1) is 0 Å². The number of nitrogens with zero attached hydrogens (tertiary/aromatic N) is 4. The Morgan fingerprint density at radius 3 is 2.74 bits per heavy atom. The molecule has 0 radical (unpaired) electrons. The van der Waals surface area contributed by atoms with E-state index in [0.29, 0.717) is 6.67 Å². The third-order valence-corrected chi connectivity index (χ3v) is 5.72. The van der Waals surface area contributed by atoms with Gasteiger partial charge >= 0.3 is 0 Å². The molecule has 1 aliphatic carbocycles. The van der Waals surface area contributed by atoms with Crippen molar-refractivity contribution < 1.29 is 4.74 Å². The summed E-state index contributed by atoms with van der Waals surface area (Å²) in [5.74, 6) is 1.96. The Morgan fingerprint density at radius 2 is 1.96 bits per heavy atom. The molecule has 0 atom stereocenters. The molecule has 2 aliphatic heterocycles. The molecule has 3 aliphatic rings. The zero-order valence-electron chi connectivity index (χ0n) is 16.0. The van der Waals surface area contributed by atoms with Gasteiger partial charge in [0.2, 0.25) is 0 Å². The Morgan fingerprint density at radius 1 is 1.15 bits per heavy atom. The average molecular weight is 366 g/mol. The van der Waals surface area contributed by atoms with E-state index in [2.05, 4.69) is 56.4 Å².